The lowest BCUT2D eigenvalue weighted by Crippen LogP contribution is -2.42. The molecule has 2 rings (SSSR count). The van der Waals surface area contributed by atoms with Crippen molar-refractivity contribution in [3.8, 4) is 5.75 Å². The summed E-state index contributed by atoms with van der Waals surface area (Å²) in [5.41, 5.74) is 1.16. The van der Waals surface area contributed by atoms with E-state index in [1.807, 2.05) is 23.1 Å². The van der Waals surface area contributed by atoms with E-state index in [0.717, 1.165) is 41.6 Å². The third-order valence-electron chi connectivity index (χ3n) is 3.97. The summed E-state index contributed by atoms with van der Waals surface area (Å²) in [5, 5.41) is 0. The molecular weight excluding hydrogens is 318 g/mol. The number of likely N-dealkylation sites (tertiary alicyclic amines) is 1. The molecule has 0 bridgehead atoms. The van der Waals surface area contributed by atoms with Gasteiger partial charge in [0.1, 0.15) is 5.75 Å². The van der Waals surface area contributed by atoms with Gasteiger partial charge >= 0.3 is 0 Å². The predicted octanol–water partition coefficient (Wildman–Crippen LogP) is 3.79. The molecule has 0 radical (unpaired) electrons. The summed E-state index contributed by atoms with van der Waals surface area (Å²) in [6, 6.07) is 6.40. The minimum absolute atomic E-state index is 0.282. The van der Waals surface area contributed by atoms with Gasteiger partial charge in [0, 0.05) is 19.0 Å². The zero-order valence-electron chi connectivity index (χ0n) is 12.2. The third kappa shape index (κ3) is 3.75. The van der Waals surface area contributed by atoms with E-state index < -0.39 is 0 Å². The highest BCUT2D eigenvalue weighted by molar-refractivity contribution is 9.10. The maximum atomic E-state index is 12.3. The Hall–Kier alpha value is -1.03. The molecule has 20 heavy (non-hydrogen) atoms. The van der Waals surface area contributed by atoms with Crippen LogP contribution in [-0.4, -0.2) is 30.5 Å². The highest BCUT2D eigenvalue weighted by Gasteiger charge is 2.22. The van der Waals surface area contributed by atoms with Crippen molar-refractivity contribution in [3.63, 3.8) is 0 Å². The number of rotatable bonds is 4. The van der Waals surface area contributed by atoms with Crippen molar-refractivity contribution in [1.82, 2.24) is 4.90 Å². The number of hydrogen-bond donors (Lipinski definition) is 0. The van der Waals surface area contributed by atoms with Crippen LogP contribution in [0.5, 0.6) is 5.75 Å². The van der Waals surface area contributed by atoms with Gasteiger partial charge in [0.2, 0.25) is 5.91 Å². The van der Waals surface area contributed by atoms with Gasteiger partial charge in [-0.1, -0.05) is 6.07 Å². The molecule has 1 aliphatic rings. The second-order valence-electron chi connectivity index (χ2n) is 5.40. The fourth-order valence-corrected chi connectivity index (χ4v) is 3.32. The van der Waals surface area contributed by atoms with Crippen LogP contribution in [0.4, 0.5) is 0 Å². The van der Waals surface area contributed by atoms with Crippen LogP contribution < -0.4 is 4.74 Å². The highest BCUT2D eigenvalue weighted by Crippen LogP contribution is 2.26. The first-order chi connectivity index (χ1) is 9.61. The number of piperidine rings is 1. The number of benzene rings is 1. The van der Waals surface area contributed by atoms with Gasteiger partial charge in [-0.05, 0) is 66.2 Å². The van der Waals surface area contributed by atoms with Crippen molar-refractivity contribution < 1.29 is 9.53 Å². The first-order valence-electron chi connectivity index (χ1n) is 7.23. The van der Waals surface area contributed by atoms with Crippen molar-refractivity contribution >= 4 is 21.8 Å². The van der Waals surface area contributed by atoms with Gasteiger partial charge in [0.05, 0.1) is 11.6 Å². The number of hydrogen-bond acceptors (Lipinski definition) is 2. The molecule has 110 valence electrons. The van der Waals surface area contributed by atoms with Crippen LogP contribution in [0, 0.1) is 0 Å². The molecule has 4 heteroatoms. The van der Waals surface area contributed by atoms with Gasteiger partial charge in [-0.25, -0.2) is 0 Å². The summed E-state index contributed by atoms with van der Waals surface area (Å²) < 4.78 is 6.15. The Kier molecular flexibility index (Phi) is 5.46. The number of nitrogens with zero attached hydrogens (tertiary/aromatic N) is 1. The molecule has 0 N–H and O–H groups in total. The lowest BCUT2D eigenvalue weighted by atomic mass is 10.0. The SMILES string of the molecule is COc1ccc(CCC(=O)N2CCCCC2C)cc1Br. The van der Waals surface area contributed by atoms with E-state index in [9.17, 15) is 4.79 Å². The summed E-state index contributed by atoms with van der Waals surface area (Å²) in [5.74, 6) is 1.11. The van der Waals surface area contributed by atoms with E-state index in [2.05, 4.69) is 22.9 Å². The Bertz CT molecular complexity index is 476. The zero-order valence-corrected chi connectivity index (χ0v) is 13.8. The molecule has 1 fully saturated rings. The molecule has 1 aromatic rings. The van der Waals surface area contributed by atoms with Gasteiger partial charge in [0.15, 0.2) is 0 Å². The van der Waals surface area contributed by atoms with E-state index in [0.29, 0.717) is 12.5 Å². The van der Waals surface area contributed by atoms with Crippen LogP contribution in [0.1, 0.15) is 38.2 Å². The summed E-state index contributed by atoms with van der Waals surface area (Å²) in [6.45, 7) is 3.08. The van der Waals surface area contributed by atoms with Crippen LogP contribution in [-0.2, 0) is 11.2 Å². The Labute approximate surface area is 129 Å². The van der Waals surface area contributed by atoms with Crippen molar-refractivity contribution in [3.05, 3.63) is 28.2 Å². The molecule has 1 atom stereocenters. The van der Waals surface area contributed by atoms with Crippen molar-refractivity contribution in [2.75, 3.05) is 13.7 Å². The molecule has 1 amide bonds. The van der Waals surface area contributed by atoms with Gasteiger partial charge in [0.25, 0.3) is 0 Å². The standard InChI is InChI=1S/C16H22BrNO2/c1-12-5-3-4-10-18(12)16(19)9-7-13-6-8-15(20-2)14(17)11-13/h6,8,11-12H,3-5,7,9-10H2,1-2H3. The Morgan fingerprint density at radius 1 is 1.45 bits per heavy atom. The van der Waals surface area contributed by atoms with Crippen molar-refractivity contribution in [1.29, 1.82) is 0 Å². The number of carbonyl (C=O) groups is 1. The summed E-state index contributed by atoms with van der Waals surface area (Å²) in [4.78, 5) is 14.3. The van der Waals surface area contributed by atoms with Gasteiger partial charge < -0.3 is 9.64 Å². The minimum Gasteiger partial charge on any atom is -0.496 e. The lowest BCUT2D eigenvalue weighted by Gasteiger charge is -2.33. The van der Waals surface area contributed by atoms with E-state index in [1.165, 1.54) is 6.42 Å². The molecule has 0 spiro atoms. The fraction of sp³-hybridized carbons (Fsp3) is 0.562. The van der Waals surface area contributed by atoms with E-state index >= 15 is 0 Å². The van der Waals surface area contributed by atoms with Gasteiger partial charge in [-0.3, -0.25) is 4.79 Å². The molecule has 0 aliphatic carbocycles. The first-order valence-corrected chi connectivity index (χ1v) is 8.03. The Balaban J connectivity index is 1.91. The predicted molar refractivity (Wildman–Crippen MR) is 84.0 cm³/mol. The average molecular weight is 340 g/mol. The number of amides is 1. The van der Waals surface area contributed by atoms with E-state index in [4.69, 9.17) is 4.74 Å². The summed E-state index contributed by atoms with van der Waals surface area (Å²) >= 11 is 3.48. The number of methoxy groups -OCH3 is 1. The number of ether oxygens (including phenoxy) is 1. The molecule has 1 unspecified atom stereocenters. The third-order valence-corrected chi connectivity index (χ3v) is 4.59. The second kappa shape index (κ2) is 7.11. The quantitative estimate of drug-likeness (QED) is 0.835. The molecule has 1 saturated heterocycles. The maximum absolute atomic E-state index is 12.3. The topological polar surface area (TPSA) is 29.5 Å². The van der Waals surface area contributed by atoms with Crippen molar-refractivity contribution in [2.24, 2.45) is 0 Å². The monoisotopic (exact) mass is 339 g/mol. The van der Waals surface area contributed by atoms with Gasteiger partial charge in [-0.15, -0.1) is 0 Å². The van der Waals surface area contributed by atoms with Crippen LogP contribution in [0.3, 0.4) is 0 Å². The molecule has 1 aliphatic heterocycles. The smallest absolute Gasteiger partial charge is 0.223 e. The minimum atomic E-state index is 0.282. The molecule has 1 aromatic carbocycles. The highest BCUT2D eigenvalue weighted by atomic mass is 79.9. The lowest BCUT2D eigenvalue weighted by molar-refractivity contribution is -0.134. The number of carbonyl (C=O) groups excluding carboxylic acids is 1. The largest absolute Gasteiger partial charge is 0.496 e. The van der Waals surface area contributed by atoms with Crippen molar-refractivity contribution in [2.45, 2.75) is 45.1 Å². The molecular formula is C16H22BrNO2. The molecule has 3 nitrogen and oxygen atoms in total. The number of aryl methyl sites for hydroxylation is 1. The second-order valence-corrected chi connectivity index (χ2v) is 6.26. The maximum Gasteiger partial charge on any atom is 0.223 e. The average Bonchev–Trinajstić information content (AvgIpc) is 2.45. The Morgan fingerprint density at radius 3 is 2.90 bits per heavy atom. The van der Waals surface area contributed by atoms with Gasteiger partial charge in [-0.2, -0.15) is 0 Å². The normalized spacial score (nSPS) is 18.9. The molecule has 1 heterocycles. The van der Waals surface area contributed by atoms with Crippen LogP contribution in [0.2, 0.25) is 0 Å². The summed E-state index contributed by atoms with van der Waals surface area (Å²) in [7, 11) is 1.65. The van der Waals surface area contributed by atoms with Crippen LogP contribution in [0.25, 0.3) is 0 Å². The molecule has 0 saturated carbocycles. The summed E-state index contributed by atoms with van der Waals surface area (Å²) in [6.07, 6.45) is 4.90. The first kappa shape index (κ1) is 15.4. The Morgan fingerprint density at radius 2 is 2.25 bits per heavy atom. The van der Waals surface area contributed by atoms with E-state index in [-0.39, 0.29) is 5.91 Å². The van der Waals surface area contributed by atoms with Crippen LogP contribution >= 0.6 is 15.9 Å². The fourth-order valence-electron chi connectivity index (χ4n) is 2.73. The van der Waals surface area contributed by atoms with E-state index in [1.54, 1.807) is 7.11 Å². The molecule has 0 aromatic heterocycles. The van der Waals surface area contributed by atoms with Crippen LogP contribution in [0.15, 0.2) is 22.7 Å². The zero-order chi connectivity index (χ0) is 14.5. The number of halogens is 1.